The van der Waals surface area contributed by atoms with Gasteiger partial charge < -0.3 is 15.5 Å². The minimum atomic E-state index is -1.03. The lowest BCUT2D eigenvalue weighted by atomic mass is 9.91. The van der Waals surface area contributed by atoms with Crippen LogP contribution in [0.25, 0.3) is 0 Å². The third kappa shape index (κ3) is 4.41. The van der Waals surface area contributed by atoms with Gasteiger partial charge in [-0.15, -0.1) is 0 Å². The molecule has 0 bridgehead atoms. The fourth-order valence-electron chi connectivity index (χ4n) is 4.37. The summed E-state index contributed by atoms with van der Waals surface area (Å²) in [6.45, 7) is 5.77. The molecule has 2 amide bonds. The lowest BCUT2D eigenvalue weighted by Crippen LogP contribution is -2.42. The van der Waals surface area contributed by atoms with E-state index in [-0.39, 0.29) is 28.5 Å². The van der Waals surface area contributed by atoms with Gasteiger partial charge in [-0.2, -0.15) is 4.98 Å². The average molecular weight is 448 g/mol. The number of carbonyl (C=O) groups excluding carboxylic acids is 2. The van der Waals surface area contributed by atoms with E-state index in [9.17, 15) is 18.8 Å². The summed E-state index contributed by atoms with van der Waals surface area (Å²) in [4.78, 5) is 47.3. The SMILES string of the molecule is C[C@@H]1C[C@@H](C)CN(c2nc3c(c(=O)[nH]2)[C@H](C(=O)Nc2ccc(F)c(Cl)c2)CC(=O)N3)C1. The van der Waals surface area contributed by atoms with Crippen LogP contribution in [0.1, 0.15) is 38.2 Å². The fraction of sp³-hybridized carbons (Fsp3) is 0.429. The Hall–Kier alpha value is -2.94. The molecular formula is C21H23ClFN5O3. The number of benzene rings is 1. The Balaban J connectivity index is 1.64. The maximum atomic E-state index is 13.4. The summed E-state index contributed by atoms with van der Waals surface area (Å²) in [5, 5.41) is 5.07. The highest BCUT2D eigenvalue weighted by Crippen LogP contribution is 2.32. The van der Waals surface area contributed by atoms with Gasteiger partial charge in [0.15, 0.2) is 0 Å². The number of aromatic nitrogens is 2. The third-order valence-electron chi connectivity index (χ3n) is 5.61. The van der Waals surface area contributed by atoms with Crippen molar-refractivity contribution in [3.05, 3.63) is 45.0 Å². The van der Waals surface area contributed by atoms with E-state index >= 15 is 0 Å². The molecule has 31 heavy (non-hydrogen) atoms. The van der Waals surface area contributed by atoms with Crippen LogP contribution in [0.3, 0.4) is 0 Å². The normalized spacial score (nSPS) is 23.2. The van der Waals surface area contributed by atoms with Gasteiger partial charge in [-0.25, -0.2) is 4.39 Å². The Morgan fingerprint density at radius 2 is 1.97 bits per heavy atom. The van der Waals surface area contributed by atoms with E-state index in [1.807, 2.05) is 4.90 Å². The number of nitrogens with zero attached hydrogens (tertiary/aromatic N) is 2. The topological polar surface area (TPSA) is 107 Å². The van der Waals surface area contributed by atoms with Gasteiger partial charge in [-0.05, 0) is 36.5 Å². The first-order chi connectivity index (χ1) is 14.7. The van der Waals surface area contributed by atoms with Crippen molar-refractivity contribution in [3.8, 4) is 0 Å². The Morgan fingerprint density at radius 3 is 2.65 bits per heavy atom. The molecule has 3 N–H and O–H groups in total. The van der Waals surface area contributed by atoms with Gasteiger partial charge in [0.25, 0.3) is 5.56 Å². The first kappa shape index (κ1) is 21.3. The van der Waals surface area contributed by atoms with E-state index in [1.54, 1.807) is 0 Å². The summed E-state index contributed by atoms with van der Waals surface area (Å²) in [5.74, 6) is -1.25. The number of H-pyrrole nitrogens is 1. The number of nitrogens with one attached hydrogen (secondary N) is 3. The molecule has 0 aliphatic carbocycles. The third-order valence-corrected chi connectivity index (χ3v) is 5.90. The summed E-state index contributed by atoms with van der Waals surface area (Å²) in [5.41, 5.74) is -0.100. The van der Waals surface area contributed by atoms with Crippen molar-refractivity contribution < 1.29 is 14.0 Å². The second-order valence-electron chi connectivity index (χ2n) is 8.43. The summed E-state index contributed by atoms with van der Waals surface area (Å²) in [6.07, 6.45) is 0.897. The van der Waals surface area contributed by atoms with E-state index in [1.165, 1.54) is 12.1 Å². The average Bonchev–Trinajstić information content (AvgIpc) is 2.69. The Morgan fingerprint density at radius 1 is 1.26 bits per heavy atom. The standard InChI is InChI=1S/C21H23ClFN5O3/c1-10-5-11(2)9-28(8-10)21-26-18-17(20(31)27-21)13(7-16(29)25-18)19(30)24-12-3-4-15(23)14(22)6-12/h3-4,6,10-11,13H,5,7-9H2,1-2H3,(H,24,30)(H2,25,26,27,29,31)/t10-,11-,13-/m1/s1. The zero-order chi connectivity index (χ0) is 22.3. The summed E-state index contributed by atoms with van der Waals surface area (Å²) in [6, 6.07) is 3.75. The Kier molecular flexibility index (Phi) is 5.70. The van der Waals surface area contributed by atoms with Crippen LogP contribution in [0.2, 0.25) is 5.02 Å². The van der Waals surface area contributed by atoms with Gasteiger partial charge in [0.1, 0.15) is 11.6 Å². The van der Waals surface area contributed by atoms with Crippen molar-refractivity contribution in [3.63, 3.8) is 0 Å². The van der Waals surface area contributed by atoms with Gasteiger partial charge in [-0.3, -0.25) is 19.4 Å². The second-order valence-corrected chi connectivity index (χ2v) is 8.83. The molecule has 2 aliphatic heterocycles. The van der Waals surface area contributed by atoms with Crippen molar-refractivity contribution >= 4 is 40.9 Å². The molecule has 0 unspecified atom stereocenters. The van der Waals surface area contributed by atoms with Gasteiger partial charge in [0.2, 0.25) is 17.8 Å². The highest BCUT2D eigenvalue weighted by atomic mass is 35.5. The van der Waals surface area contributed by atoms with Gasteiger partial charge in [-0.1, -0.05) is 25.4 Å². The number of amides is 2. The van der Waals surface area contributed by atoms with Crippen LogP contribution in [0.15, 0.2) is 23.0 Å². The van der Waals surface area contributed by atoms with Crippen molar-refractivity contribution in [2.75, 3.05) is 28.6 Å². The molecule has 1 saturated heterocycles. The van der Waals surface area contributed by atoms with Crippen molar-refractivity contribution in [2.45, 2.75) is 32.6 Å². The highest BCUT2D eigenvalue weighted by molar-refractivity contribution is 6.31. The minimum absolute atomic E-state index is 0.0955. The van der Waals surface area contributed by atoms with Crippen LogP contribution in [0.5, 0.6) is 0 Å². The molecule has 1 fully saturated rings. The van der Waals surface area contributed by atoms with Gasteiger partial charge >= 0.3 is 0 Å². The summed E-state index contributed by atoms with van der Waals surface area (Å²) < 4.78 is 13.4. The van der Waals surface area contributed by atoms with Gasteiger partial charge in [0.05, 0.1) is 16.5 Å². The molecular weight excluding hydrogens is 425 g/mol. The summed E-state index contributed by atoms with van der Waals surface area (Å²) in [7, 11) is 0. The van der Waals surface area contributed by atoms with Crippen LogP contribution < -0.4 is 21.1 Å². The monoisotopic (exact) mass is 447 g/mol. The lowest BCUT2D eigenvalue weighted by Gasteiger charge is -2.35. The zero-order valence-corrected chi connectivity index (χ0v) is 17.9. The zero-order valence-electron chi connectivity index (χ0n) is 17.2. The first-order valence-corrected chi connectivity index (χ1v) is 10.5. The molecule has 8 nitrogen and oxygen atoms in total. The molecule has 0 radical (unpaired) electrons. The minimum Gasteiger partial charge on any atom is -0.342 e. The van der Waals surface area contributed by atoms with Crippen LogP contribution in [-0.2, 0) is 9.59 Å². The number of rotatable bonds is 3. The molecule has 4 rings (SSSR count). The number of anilines is 3. The second kappa shape index (κ2) is 8.30. The number of halogens is 2. The molecule has 2 aliphatic rings. The lowest BCUT2D eigenvalue weighted by molar-refractivity contribution is -0.123. The van der Waals surface area contributed by atoms with Crippen LogP contribution in [0, 0.1) is 17.7 Å². The Bertz CT molecular complexity index is 1090. The van der Waals surface area contributed by atoms with E-state index in [0.29, 0.717) is 17.8 Å². The smallest absolute Gasteiger partial charge is 0.258 e. The highest BCUT2D eigenvalue weighted by Gasteiger charge is 2.35. The van der Waals surface area contributed by atoms with E-state index < -0.39 is 29.1 Å². The fourth-order valence-corrected chi connectivity index (χ4v) is 4.55. The molecule has 1 aromatic heterocycles. The van der Waals surface area contributed by atoms with Crippen LogP contribution in [0.4, 0.5) is 21.8 Å². The number of fused-ring (bicyclic) bond motifs is 1. The number of hydrogen-bond donors (Lipinski definition) is 3. The summed E-state index contributed by atoms with van der Waals surface area (Å²) >= 11 is 5.76. The molecule has 1 aromatic carbocycles. The number of carbonyl (C=O) groups is 2. The molecule has 3 heterocycles. The maximum absolute atomic E-state index is 13.4. The van der Waals surface area contributed by atoms with Crippen LogP contribution in [-0.4, -0.2) is 34.9 Å². The molecule has 2 aromatic rings. The van der Waals surface area contributed by atoms with E-state index in [4.69, 9.17) is 11.6 Å². The molecule has 0 spiro atoms. The van der Waals surface area contributed by atoms with Gasteiger partial charge in [0, 0.05) is 25.2 Å². The van der Waals surface area contributed by atoms with E-state index in [0.717, 1.165) is 25.6 Å². The molecule has 3 atom stereocenters. The van der Waals surface area contributed by atoms with Crippen molar-refractivity contribution in [1.29, 1.82) is 0 Å². The Labute approximate surface area is 183 Å². The predicted octanol–water partition coefficient (Wildman–Crippen LogP) is 3.11. The molecule has 10 heteroatoms. The molecule has 164 valence electrons. The van der Waals surface area contributed by atoms with Crippen molar-refractivity contribution in [1.82, 2.24) is 9.97 Å². The van der Waals surface area contributed by atoms with Crippen molar-refractivity contribution in [2.24, 2.45) is 11.8 Å². The van der Waals surface area contributed by atoms with E-state index in [2.05, 4.69) is 34.4 Å². The first-order valence-electron chi connectivity index (χ1n) is 10.2. The number of aromatic amines is 1. The largest absolute Gasteiger partial charge is 0.342 e. The number of hydrogen-bond acceptors (Lipinski definition) is 5. The quantitative estimate of drug-likeness (QED) is 0.670. The maximum Gasteiger partial charge on any atom is 0.258 e. The predicted molar refractivity (Wildman–Crippen MR) is 116 cm³/mol. The number of piperidine rings is 1. The molecule has 0 saturated carbocycles. The van der Waals surface area contributed by atoms with Crippen LogP contribution >= 0.6 is 11.6 Å².